The largest absolute Gasteiger partial charge is 0.496 e. The van der Waals surface area contributed by atoms with Gasteiger partial charge in [-0.25, -0.2) is 9.59 Å². The van der Waals surface area contributed by atoms with E-state index in [0.29, 0.717) is 18.1 Å². The molecule has 0 spiro atoms. The standard InChI is InChI=1S/C41H48O8/c1-5-8-9-10-11-12-25-47-39-31-34(19-13-32-15-21-36(22-16-32)45-26-28-48-40(42)6-2)38(44-4)30-35(39)20-14-33-17-23-37(24-18-33)46-27-29-49-41(43)7-3/h6-7,13-24,30-31H,2-3,5,8-12,25-29H2,1,4H3/b19-13+,20-14+. The van der Waals surface area contributed by atoms with Crippen LogP contribution in [-0.2, 0) is 19.1 Å². The minimum absolute atomic E-state index is 0.153. The van der Waals surface area contributed by atoms with Gasteiger partial charge in [0.05, 0.1) is 13.7 Å². The molecule has 49 heavy (non-hydrogen) atoms. The van der Waals surface area contributed by atoms with Crippen LogP contribution in [0.3, 0.4) is 0 Å². The summed E-state index contributed by atoms with van der Waals surface area (Å²) in [7, 11) is 1.66. The Kier molecular flexibility index (Phi) is 17.4. The van der Waals surface area contributed by atoms with Crippen LogP contribution in [0, 0.1) is 0 Å². The second kappa shape index (κ2) is 22.4. The van der Waals surface area contributed by atoms with Gasteiger partial charge in [-0.3, -0.25) is 0 Å². The molecule has 8 nitrogen and oxygen atoms in total. The molecule has 0 radical (unpaired) electrons. The number of methoxy groups -OCH3 is 1. The number of esters is 2. The third-order valence-corrected chi connectivity index (χ3v) is 7.31. The predicted molar refractivity (Wildman–Crippen MR) is 196 cm³/mol. The Labute approximate surface area is 290 Å². The van der Waals surface area contributed by atoms with Crippen LogP contribution in [0.1, 0.15) is 67.7 Å². The van der Waals surface area contributed by atoms with Gasteiger partial charge in [-0.15, -0.1) is 0 Å². The highest BCUT2D eigenvalue weighted by atomic mass is 16.6. The van der Waals surface area contributed by atoms with Gasteiger partial charge in [0, 0.05) is 23.3 Å². The summed E-state index contributed by atoms with van der Waals surface area (Å²) in [4.78, 5) is 22.3. The van der Waals surface area contributed by atoms with Crippen molar-refractivity contribution in [3.05, 3.63) is 108 Å². The minimum atomic E-state index is -0.472. The number of unbranched alkanes of at least 4 members (excludes halogenated alkanes) is 5. The lowest BCUT2D eigenvalue weighted by atomic mass is 10.0. The first-order valence-electron chi connectivity index (χ1n) is 16.7. The Morgan fingerprint density at radius 2 is 1.04 bits per heavy atom. The number of hydrogen-bond donors (Lipinski definition) is 0. The summed E-state index contributed by atoms with van der Waals surface area (Å²) in [6, 6.07) is 19.3. The SMILES string of the molecule is C=CC(=O)OCCOc1ccc(/C=C/c2cc(OCCCCCCCC)c(/C=C/c3ccc(OCCOC(=O)C=C)cc3)cc2OC)cc1. The molecule has 0 N–H and O–H groups in total. The Morgan fingerprint density at radius 3 is 1.53 bits per heavy atom. The third-order valence-electron chi connectivity index (χ3n) is 7.31. The van der Waals surface area contributed by atoms with Gasteiger partial charge in [0.15, 0.2) is 0 Å². The van der Waals surface area contributed by atoms with Crippen LogP contribution in [0.15, 0.2) is 86.0 Å². The van der Waals surface area contributed by atoms with Crippen molar-refractivity contribution in [1.29, 1.82) is 0 Å². The summed E-state index contributed by atoms with van der Waals surface area (Å²) in [5.74, 6) is 1.92. The van der Waals surface area contributed by atoms with E-state index in [0.717, 1.165) is 58.7 Å². The molecule has 0 heterocycles. The van der Waals surface area contributed by atoms with Gasteiger partial charge >= 0.3 is 11.9 Å². The lowest BCUT2D eigenvalue weighted by Crippen LogP contribution is -2.10. The smallest absolute Gasteiger partial charge is 0.330 e. The van der Waals surface area contributed by atoms with E-state index in [-0.39, 0.29) is 26.4 Å². The number of benzene rings is 3. The molecule has 260 valence electrons. The molecule has 3 aromatic rings. The monoisotopic (exact) mass is 668 g/mol. The summed E-state index contributed by atoms with van der Waals surface area (Å²) in [5.41, 5.74) is 3.77. The number of carbonyl (C=O) groups excluding carboxylic acids is 2. The van der Waals surface area contributed by atoms with E-state index in [4.69, 9.17) is 28.4 Å². The molecule has 8 heteroatoms. The Hall–Kier alpha value is -5.24. The maximum absolute atomic E-state index is 11.2. The zero-order chi connectivity index (χ0) is 35.1. The van der Waals surface area contributed by atoms with Crippen LogP contribution >= 0.6 is 0 Å². The fraction of sp³-hybridized carbons (Fsp3) is 0.317. The lowest BCUT2D eigenvalue weighted by Gasteiger charge is -2.14. The summed E-state index contributed by atoms with van der Waals surface area (Å²) in [6.07, 6.45) is 17.4. The van der Waals surface area contributed by atoms with Gasteiger partial charge in [-0.1, -0.05) is 101 Å². The highest BCUT2D eigenvalue weighted by Crippen LogP contribution is 2.32. The average molecular weight is 669 g/mol. The van der Waals surface area contributed by atoms with E-state index >= 15 is 0 Å². The highest BCUT2D eigenvalue weighted by molar-refractivity contribution is 5.81. The van der Waals surface area contributed by atoms with Crippen LogP contribution in [0.4, 0.5) is 0 Å². The second-order valence-electron chi connectivity index (χ2n) is 11.0. The zero-order valence-corrected chi connectivity index (χ0v) is 28.7. The molecule has 0 aliphatic rings. The molecule has 0 bridgehead atoms. The van der Waals surface area contributed by atoms with E-state index in [9.17, 15) is 9.59 Å². The third kappa shape index (κ3) is 14.6. The number of hydrogen-bond acceptors (Lipinski definition) is 8. The van der Waals surface area contributed by atoms with Gasteiger partial charge < -0.3 is 28.4 Å². The first-order valence-corrected chi connectivity index (χ1v) is 16.7. The summed E-state index contributed by atoms with van der Waals surface area (Å²) < 4.78 is 33.3. The first-order chi connectivity index (χ1) is 23.9. The molecule has 0 saturated carbocycles. The van der Waals surface area contributed by atoms with Crippen molar-refractivity contribution in [3.8, 4) is 23.0 Å². The number of carbonyl (C=O) groups is 2. The van der Waals surface area contributed by atoms with Gasteiger partial charge in [0.2, 0.25) is 0 Å². The summed E-state index contributed by atoms with van der Waals surface area (Å²) in [6.45, 7) is 10.4. The fourth-order valence-electron chi connectivity index (χ4n) is 4.66. The van der Waals surface area contributed by atoms with Crippen LogP contribution < -0.4 is 18.9 Å². The fourth-order valence-corrected chi connectivity index (χ4v) is 4.66. The topological polar surface area (TPSA) is 89.5 Å². The molecule has 0 unspecified atom stereocenters. The second-order valence-corrected chi connectivity index (χ2v) is 11.0. The molecule has 0 fully saturated rings. The molecular weight excluding hydrogens is 620 g/mol. The van der Waals surface area contributed by atoms with Crippen molar-refractivity contribution in [1.82, 2.24) is 0 Å². The Balaban J connectivity index is 1.71. The lowest BCUT2D eigenvalue weighted by molar-refractivity contribution is -0.139. The molecule has 0 aliphatic carbocycles. The van der Waals surface area contributed by atoms with Crippen molar-refractivity contribution in [2.75, 3.05) is 40.1 Å². The maximum atomic E-state index is 11.2. The van der Waals surface area contributed by atoms with Gasteiger partial charge in [0.25, 0.3) is 0 Å². The van der Waals surface area contributed by atoms with Crippen molar-refractivity contribution in [2.45, 2.75) is 45.4 Å². The molecule has 3 rings (SSSR count). The number of ether oxygens (including phenoxy) is 6. The highest BCUT2D eigenvalue weighted by Gasteiger charge is 2.10. The van der Waals surface area contributed by atoms with Crippen molar-refractivity contribution >= 4 is 36.2 Å². The van der Waals surface area contributed by atoms with Crippen molar-refractivity contribution in [3.63, 3.8) is 0 Å². The van der Waals surface area contributed by atoms with E-state index in [1.807, 2.05) is 85.0 Å². The van der Waals surface area contributed by atoms with Crippen LogP contribution in [0.5, 0.6) is 23.0 Å². The van der Waals surface area contributed by atoms with Gasteiger partial charge in [-0.05, 0) is 53.9 Å². The minimum Gasteiger partial charge on any atom is -0.496 e. The normalized spacial score (nSPS) is 10.9. The summed E-state index contributed by atoms with van der Waals surface area (Å²) in [5, 5.41) is 0. The first kappa shape index (κ1) is 38.2. The Bertz CT molecular complexity index is 1520. The van der Waals surface area contributed by atoms with E-state index in [1.165, 1.54) is 25.7 Å². The molecule has 0 saturated heterocycles. The predicted octanol–water partition coefficient (Wildman–Crippen LogP) is 8.99. The van der Waals surface area contributed by atoms with Crippen LogP contribution in [-0.4, -0.2) is 52.1 Å². The average Bonchev–Trinajstić information content (AvgIpc) is 3.13. The molecule has 0 amide bonds. The van der Waals surface area contributed by atoms with Gasteiger partial charge in [-0.2, -0.15) is 0 Å². The molecule has 0 atom stereocenters. The zero-order valence-electron chi connectivity index (χ0n) is 28.7. The van der Waals surface area contributed by atoms with Crippen molar-refractivity contribution in [2.24, 2.45) is 0 Å². The maximum Gasteiger partial charge on any atom is 0.330 e. The van der Waals surface area contributed by atoms with Crippen LogP contribution in [0.25, 0.3) is 24.3 Å². The molecule has 0 aliphatic heterocycles. The van der Waals surface area contributed by atoms with Crippen molar-refractivity contribution < 1.29 is 38.0 Å². The van der Waals surface area contributed by atoms with E-state index < -0.39 is 11.9 Å². The van der Waals surface area contributed by atoms with E-state index in [1.54, 1.807) is 7.11 Å². The Morgan fingerprint density at radius 1 is 0.571 bits per heavy atom. The molecule has 0 aromatic heterocycles. The number of rotatable bonds is 23. The molecular formula is C41H48O8. The molecule has 3 aromatic carbocycles. The van der Waals surface area contributed by atoms with E-state index in [2.05, 4.69) is 20.1 Å². The van der Waals surface area contributed by atoms with Gasteiger partial charge in [0.1, 0.15) is 49.4 Å². The summed E-state index contributed by atoms with van der Waals surface area (Å²) >= 11 is 0. The quantitative estimate of drug-likeness (QED) is 0.0428. The van der Waals surface area contributed by atoms with Crippen LogP contribution in [0.2, 0.25) is 0 Å².